The van der Waals surface area contributed by atoms with Crippen LogP contribution in [0.3, 0.4) is 0 Å². The summed E-state index contributed by atoms with van der Waals surface area (Å²) in [5, 5.41) is 1.08. The van der Waals surface area contributed by atoms with E-state index in [-0.39, 0.29) is 5.91 Å². The fraction of sp³-hybridized carbons (Fsp3) is 0.333. The smallest absolute Gasteiger partial charge is 0.243 e. The lowest BCUT2D eigenvalue weighted by molar-refractivity contribution is -0.131. The van der Waals surface area contributed by atoms with Crippen LogP contribution in [0.2, 0.25) is 0 Å². The van der Waals surface area contributed by atoms with E-state index >= 15 is 0 Å². The van der Waals surface area contributed by atoms with Gasteiger partial charge in [-0.2, -0.15) is 0 Å². The third kappa shape index (κ3) is 3.25. The average Bonchev–Trinajstić information content (AvgIpc) is 2.71. The highest BCUT2D eigenvalue weighted by Crippen LogP contribution is 2.22. The topological polar surface area (TPSA) is 51.2 Å². The molecule has 2 rings (SSSR count). The molecule has 1 aromatic carbocycles. The summed E-state index contributed by atoms with van der Waals surface area (Å²) >= 11 is 1.69. The first-order chi connectivity index (χ1) is 8.29. The fourth-order valence-corrected chi connectivity index (χ4v) is 2.60. The molecule has 4 nitrogen and oxygen atoms in total. The molecule has 0 unspecified atom stereocenters. The molecule has 90 valence electrons. The Kier molecular flexibility index (Phi) is 4.06. The van der Waals surface area contributed by atoms with Gasteiger partial charge in [0.25, 0.3) is 0 Å². The number of thiazole rings is 1. The average molecular weight is 250 g/mol. The van der Waals surface area contributed by atoms with E-state index in [1.54, 1.807) is 11.3 Å². The molecule has 0 bridgehead atoms. The predicted molar refractivity (Wildman–Crippen MR) is 67.7 cm³/mol. The van der Waals surface area contributed by atoms with Crippen LogP contribution in [-0.4, -0.2) is 18.0 Å². The van der Waals surface area contributed by atoms with Crippen molar-refractivity contribution in [3.05, 3.63) is 29.3 Å². The molecule has 1 heterocycles. The maximum absolute atomic E-state index is 11.2. The van der Waals surface area contributed by atoms with Crippen molar-refractivity contribution in [1.82, 2.24) is 10.5 Å². The lowest BCUT2D eigenvalue weighted by Crippen LogP contribution is -2.21. The van der Waals surface area contributed by atoms with Gasteiger partial charge in [-0.05, 0) is 25.0 Å². The maximum atomic E-state index is 11.2. The second kappa shape index (κ2) is 5.75. The molecule has 5 heteroatoms. The van der Waals surface area contributed by atoms with Crippen LogP contribution in [0.1, 0.15) is 17.8 Å². The van der Waals surface area contributed by atoms with Gasteiger partial charge in [0, 0.05) is 6.42 Å². The number of amides is 1. The molecule has 1 amide bonds. The molecule has 0 spiro atoms. The second-order valence-electron chi connectivity index (χ2n) is 3.66. The zero-order valence-corrected chi connectivity index (χ0v) is 10.4. The van der Waals surface area contributed by atoms with Gasteiger partial charge in [-0.15, -0.1) is 11.3 Å². The van der Waals surface area contributed by atoms with Crippen molar-refractivity contribution < 1.29 is 9.63 Å². The SMILES string of the molecule is CONC(=O)CCCc1nc2ccccc2s1. The summed E-state index contributed by atoms with van der Waals surface area (Å²) in [4.78, 5) is 20.2. The van der Waals surface area contributed by atoms with Crippen LogP contribution in [0.5, 0.6) is 0 Å². The number of benzene rings is 1. The van der Waals surface area contributed by atoms with Crippen molar-refractivity contribution in [2.45, 2.75) is 19.3 Å². The Balaban J connectivity index is 1.89. The minimum atomic E-state index is -0.0892. The molecule has 0 radical (unpaired) electrons. The van der Waals surface area contributed by atoms with Crippen LogP contribution in [0.4, 0.5) is 0 Å². The first-order valence-electron chi connectivity index (χ1n) is 5.46. The normalized spacial score (nSPS) is 10.6. The van der Waals surface area contributed by atoms with Crippen LogP contribution >= 0.6 is 11.3 Å². The standard InChI is InChI=1S/C12H14N2O2S/c1-16-14-11(15)7-4-8-12-13-9-5-2-3-6-10(9)17-12/h2-3,5-6H,4,7-8H2,1H3,(H,14,15). The first kappa shape index (κ1) is 12.0. The molecular formula is C12H14N2O2S. The van der Waals surface area contributed by atoms with Crippen molar-refractivity contribution >= 4 is 27.5 Å². The summed E-state index contributed by atoms with van der Waals surface area (Å²) in [5.41, 5.74) is 3.34. The number of aryl methyl sites for hydroxylation is 1. The largest absolute Gasteiger partial charge is 0.277 e. The molecule has 0 fully saturated rings. The zero-order valence-electron chi connectivity index (χ0n) is 9.60. The van der Waals surface area contributed by atoms with Gasteiger partial charge < -0.3 is 0 Å². The molecule has 1 aromatic heterocycles. The van der Waals surface area contributed by atoms with E-state index in [9.17, 15) is 4.79 Å². The third-order valence-electron chi connectivity index (χ3n) is 2.35. The van der Waals surface area contributed by atoms with E-state index in [0.717, 1.165) is 23.4 Å². The van der Waals surface area contributed by atoms with E-state index in [0.29, 0.717) is 6.42 Å². The van der Waals surface area contributed by atoms with E-state index in [1.807, 2.05) is 18.2 Å². The van der Waals surface area contributed by atoms with Crippen LogP contribution in [0.25, 0.3) is 10.2 Å². The number of fused-ring (bicyclic) bond motifs is 1. The van der Waals surface area contributed by atoms with Crippen LogP contribution < -0.4 is 5.48 Å². The Bertz CT molecular complexity index is 477. The number of hydrogen-bond acceptors (Lipinski definition) is 4. The fourth-order valence-electron chi connectivity index (χ4n) is 1.59. The van der Waals surface area contributed by atoms with Gasteiger partial charge >= 0.3 is 0 Å². The highest BCUT2D eigenvalue weighted by molar-refractivity contribution is 7.18. The van der Waals surface area contributed by atoms with E-state index < -0.39 is 0 Å². The molecule has 0 atom stereocenters. The lowest BCUT2D eigenvalue weighted by atomic mass is 10.2. The minimum Gasteiger partial charge on any atom is -0.277 e. The van der Waals surface area contributed by atoms with Gasteiger partial charge in [0.1, 0.15) is 0 Å². The van der Waals surface area contributed by atoms with E-state index in [2.05, 4.69) is 21.4 Å². The van der Waals surface area contributed by atoms with Crippen molar-refractivity contribution in [1.29, 1.82) is 0 Å². The summed E-state index contributed by atoms with van der Waals surface area (Å²) in [5.74, 6) is -0.0892. The molecule has 17 heavy (non-hydrogen) atoms. The molecule has 0 aliphatic carbocycles. The Morgan fingerprint density at radius 2 is 2.29 bits per heavy atom. The predicted octanol–water partition coefficient (Wildman–Crippen LogP) is 2.30. The van der Waals surface area contributed by atoms with Gasteiger partial charge in [-0.25, -0.2) is 10.5 Å². The number of hydrogen-bond donors (Lipinski definition) is 1. The number of carbonyl (C=O) groups is 1. The van der Waals surface area contributed by atoms with Gasteiger partial charge in [0.15, 0.2) is 0 Å². The summed E-state index contributed by atoms with van der Waals surface area (Å²) in [7, 11) is 1.44. The number of nitrogens with one attached hydrogen (secondary N) is 1. The van der Waals surface area contributed by atoms with Gasteiger partial charge in [-0.1, -0.05) is 12.1 Å². The first-order valence-corrected chi connectivity index (χ1v) is 6.27. The Morgan fingerprint density at radius 3 is 3.06 bits per heavy atom. The van der Waals surface area contributed by atoms with Crippen LogP contribution in [0.15, 0.2) is 24.3 Å². The molecular weight excluding hydrogens is 236 g/mol. The number of hydroxylamine groups is 1. The van der Waals surface area contributed by atoms with Crippen LogP contribution in [0, 0.1) is 0 Å². The molecule has 0 aliphatic rings. The number of aromatic nitrogens is 1. The number of para-hydroxylation sites is 1. The highest BCUT2D eigenvalue weighted by Gasteiger charge is 2.05. The van der Waals surface area contributed by atoms with E-state index in [1.165, 1.54) is 11.8 Å². The Morgan fingerprint density at radius 1 is 1.47 bits per heavy atom. The van der Waals surface area contributed by atoms with Gasteiger partial charge in [0.05, 0.1) is 22.3 Å². The molecule has 1 N–H and O–H groups in total. The number of rotatable bonds is 5. The third-order valence-corrected chi connectivity index (χ3v) is 3.44. The second-order valence-corrected chi connectivity index (χ2v) is 4.77. The zero-order chi connectivity index (χ0) is 12.1. The summed E-state index contributed by atoms with van der Waals surface area (Å²) in [6.45, 7) is 0. The van der Waals surface area contributed by atoms with Crippen LogP contribution in [-0.2, 0) is 16.1 Å². The molecule has 2 aromatic rings. The Labute approximate surface area is 104 Å². The highest BCUT2D eigenvalue weighted by atomic mass is 32.1. The molecule has 0 aliphatic heterocycles. The van der Waals surface area contributed by atoms with Crippen molar-refractivity contribution in [3.8, 4) is 0 Å². The minimum absolute atomic E-state index is 0.0892. The Hall–Kier alpha value is -1.46. The summed E-state index contributed by atoms with van der Waals surface area (Å²) < 4.78 is 1.20. The maximum Gasteiger partial charge on any atom is 0.243 e. The number of nitrogens with zero attached hydrogens (tertiary/aromatic N) is 1. The van der Waals surface area contributed by atoms with Crippen molar-refractivity contribution in [2.24, 2.45) is 0 Å². The van der Waals surface area contributed by atoms with Crippen molar-refractivity contribution in [3.63, 3.8) is 0 Å². The monoisotopic (exact) mass is 250 g/mol. The molecule has 0 saturated carbocycles. The van der Waals surface area contributed by atoms with E-state index in [4.69, 9.17) is 0 Å². The van der Waals surface area contributed by atoms with Crippen molar-refractivity contribution in [2.75, 3.05) is 7.11 Å². The lowest BCUT2D eigenvalue weighted by Gasteiger charge is -1.99. The van der Waals surface area contributed by atoms with Gasteiger partial charge in [0.2, 0.25) is 5.91 Å². The quantitative estimate of drug-likeness (QED) is 0.828. The van der Waals surface area contributed by atoms with Gasteiger partial charge in [-0.3, -0.25) is 9.63 Å². The summed E-state index contributed by atoms with van der Waals surface area (Å²) in [6.07, 6.45) is 2.08. The molecule has 0 saturated heterocycles. The summed E-state index contributed by atoms with van der Waals surface area (Å²) in [6, 6.07) is 8.06. The number of carbonyl (C=O) groups excluding carboxylic acids is 1.